The molecular formula is C14H17FN4O. The minimum absolute atomic E-state index is 0.00974. The predicted molar refractivity (Wildman–Crippen MR) is 72.5 cm³/mol. The minimum Gasteiger partial charge on any atom is -0.317 e. The Morgan fingerprint density at radius 3 is 2.90 bits per heavy atom. The van der Waals surface area contributed by atoms with Crippen LogP contribution in [0.4, 0.5) is 4.39 Å². The molecule has 1 saturated heterocycles. The average molecular weight is 276 g/mol. The SMILES string of the molecule is O=C(C1CCNCC1)N1N=CC[C@H]1c1cncc(F)c1. The standard InChI is InChI=1S/C14H17FN4O/c15-12-7-11(8-17-9-12)13-3-6-18-19(13)14(20)10-1-4-16-5-2-10/h6-10,13,16H,1-5H2/t13-/m0/s1. The molecule has 1 aromatic rings. The molecule has 6 heteroatoms. The van der Waals surface area contributed by atoms with Gasteiger partial charge in [-0.05, 0) is 37.6 Å². The zero-order valence-electron chi connectivity index (χ0n) is 11.1. The number of hydrazone groups is 1. The summed E-state index contributed by atoms with van der Waals surface area (Å²) in [7, 11) is 0. The summed E-state index contributed by atoms with van der Waals surface area (Å²) in [6, 6.07) is 1.20. The zero-order valence-corrected chi connectivity index (χ0v) is 11.1. The van der Waals surface area contributed by atoms with Gasteiger partial charge in [-0.3, -0.25) is 9.78 Å². The van der Waals surface area contributed by atoms with Crippen molar-refractivity contribution in [1.82, 2.24) is 15.3 Å². The maximum Gasteiger partial charge on any atom is 0.246 e. The van der Waals surface area contributed by atoms with Crippen molar-refractivity contribution in [3.05, 3.63) is 29.8 Å². The summed E-state index contributed by atoms with van der Waals surface area (Å²) in [6.45, 7) is 1.72. The first-order chi connectivity index (χ1) is 9.75. The molecule has 3 heterocycles. The number of rotatable bonds is 2. The topological polar surface area (TPSA) is 57.6 Å². The van der Waals surface area contributed by atoms with Crippen molar-refractivity contribution in [3.8, 4) is 0 Å². The number of nitrogens with zero attached hydrogens (tertiary/aromatic N) is 3. The van der Waals surface area contributed by atoms with Gasteiger partial charge in [0, 0.05) is 24.8 Å². The first-order valence-electron chi connectivity index (χ1n) is 6.92. The minimum atomic E-state index is -0.385. The van der Waals surface area contributed by atoms with Gasteiger partial charge in [0.25, 0.3) is 0 Å². The number of carbonyl (C=O) groups is 1. The summed E-state index contributed by atoms with van der Waals surface area (Å²) < 4.78 is 13.3. The summed E-state index contributed by atoms with van der Waals surface area (Å²) in [5.41, 5.74) is 0.699. The Hall–Kier alpha value is -1.82. The van der Waals surface area contributed by atoms with Crippen LogP contribution in [0.3, 0.4) is 0 Å². The lowest BCUT2D eigenvalue weighted by Crippen LogP contribution is -2.39. The highest BCUT2D eigenvalue weighted by Gasteiger charge is 2.33. The number of aromatic nitrogens is 1. The normalized spacial score (nSPS) is 23.2. The van der Waals surface area contributed by atoms with Crippen molar-refractivity contribution in [2.75, 3.05) is 13.1 Å². The van der Waals surface area contributed by atoms with Crippen molar-refractivity contribution in [2.24, 2.45) is 11.0 Å². The second-order valence-corrected chi connectivity index (χ2v) is 5.19. The van der Waals surface area contributed by atoms with E-state index in [2.05, 4.69) is 15.4 Å². The van der Waals surface area contributed by atoms with E-state index in [4.69, 9.17) is 0 Å². The van der Waals surface area contributed by atoms with E-state index < -0.39 is 0 Å². The molecule has 1 fully saturated rings. The smallest absolute Gasteiger partial charge is 0.246 e. The van der Waals surface area contributed by atoms with Gasteiger partial charge in [0.15, 0.2) is 0 Å². The van der Waals surface area contributed by atoms with E-state index in [1.165, 1.54) is 11.1 Å². The van der Waals surface area contributed by atoms with Crippen LogP contribution in [-0.4, -0.2) is 35.2 Å². The zero-order chi connectivity index (χ0) is 13.9. The highest BCUT2D eigenvalue weighted by molar-refractivity contribution is 5.82. The largest absolute Gasteiger partial charge is 0.317 e. The third-order valence-electron chi connectivity index (χ3n) is 3.85. The van der Waals surface area contributed by atoms with E-state index in [0.717, 1.165) is 32.1 Å². The van der Waals surface area contributed by atoms with Crippen LogP contribution in [-0.2, 0) is 4.79 Å². The van der Waals surface area contributed by atoms with Gasteiger partial charge >= 0.3 is 0 Å². The van der Waals surface area contributed by atoms with Crippen LogP contribution in [0.15, 0.2) is 23.6 Å². The molecule has 1 amide bonds. The quantitative estimate of drug-likeness (QED) is 0.890. The second kappa shape index (κ2) is 5.66. The highest BCUT2D eigenvalue weighted by Crippen LogP contribution is 2.30. The molecule has 0 saturated carbocycles. The fourth-order valence-corrected chi connectivity index (χ4v) is 2.77. The maximum atomic E-state index is 13.3. The van der Waals surface area contributed by atoms with Crippen LogP contribution >= 0.6 is 0 Å². The number of halogens is 1. The van der Waals surface area contributed by atoms with Crippen molar-refractivity contribution in [3.63, 3.8) is 0 Å². The number of pyridine rings is 1. The lowest BCUT2D eigenvalue weighted by atomic mass is 9.96. The van der Waals surface area contributed by atoms with E-state index in [1.807, 2.05) is 0 Å². The number of piperidine rings is 1. The molecule has 5 nitrogen and oxygen atoms in total. The third-order valence-corrected chi connectivity index (χ3v) is 3.85. The predicted octanol–water partition coefficient (Wildman–Crippen LogP) is 1.48. The molecule has 1 N–H and O–H groups in total. The number of carbonyl (C=O) groups excluding carboxylic acids is 1. The van der Waals surface area contributed by atoms with Gasteiger partial charge in [0.1, 0.15) is 5.82 Å². The molecule has 1 atom stereocenters. The highest BCUT2D eigenvalue weighted by atomic mass is 19.1. The number of amides is 1. The Labute approximate surface area is 116 Å². The van der Waals surface area contributed by atoms with E-state index in [1.54, 1.807) is 12.4 Å². The Balaban J connectivity index is 1.77. The van der Waals surface area contributed by atoms with E-state index in [9.17, 15) is 9.18 Å². The van der Waals surface area contributed by atoms with E-state index >= 15 is 0 Å². The number of hydrogen-bond donors (Lipinski definition) is 1. The number of nitrogens with one attached hydrogen (secondary N) is 1. The third kappa shape index (κ3) is 2.56. The molecular weight excluding hydrogens is 259 g/mol. The molecule has 2 aliphatic rings. The fourth-order valence-electron chi connectivity index (χ4n) is 2.77. The van der Waals surface area contributed by atoms with Crippen LogP contribution in [0.2, 0.25) is 0 Å². The molecule has 1 aromatic heterocycles. The first kappa shape index (κ1) is 13.2. The van der Waals surface area contributed by atoms with Crippen molar-refractivity contribution in [1.29, 1.82) is 0 Å². The van der Waals surface area contributed by atoms with Gasteiger partial charge in [0.05, 0.1) is 12.2 Å². The monoisotopic (exact) mass is 276 g/mol. The Morgan fingerprint density at radius 1 is 1.35 bits per heavy atom. The van der Waals surface area contributed by atoms with Gasteiger partial charge in [-0.1, -0.05) is 0 Å². The van der Waals surface area contributed by atoms with E-state index in [0.29, 0.717) is 12.0 Å². The first-order valence-corrected chi connectivity index (χ1v) is 6.92. The molecule has 0 unspecified atom stereocenters. The van der Waals surface area contributed by atoms with Gasteiger partial charge in [-0.2, -0.15) is 5.10 Å². The summed E-state index contributed by atoms with van der Waals surface area (Å²) in [5.74, 6) is -0.339. The lowest BCUT2D eigenvalue weighted by Gasteiger charge is -2.28. The van der Waals surface area contributed by atoms with Crippen LogP contribution in [0, 0.1) is 11.7 Å². The van der Waals surface area contributed by atoms with Crippen LogP contribution in [0.25, 0.3) is 0 Å². The Kier molecular flexibility index (Phi) is 3.73. The summed E-state index contributed by atoms with van der Waals surface area (Å²) in [5, 5.41) is 8.93. The van der Waals surface area contributed by atoms with Crippen molar-refractivity contribution in [2.45, 2.75) is 25.3 Å². The van der Waals surface area contributed by atoms with Crippen LogP contribution in [0.1, 0.15) is 30.9 Å². The van der Waals surface area contributed by atoms with E-state index in [-0.39, 0.29) is 23.7 Å². The van der Waals surface area contributed by atoms with Gasteiger partial charge in [-0.25, -0.2) is 9.40 Å². The molecule has 0 aromatic carbocycles. The number of hydrogen-bond acceptors (Lipinski definition) is 4. The van der Waals surface area contributed by atoms with Crippen molar-refractivity contribution < 1.29 is 9.18 Å². The molecule has 3 rings (SSSR count). The van der Waals surface area contributed by atoms with Gasteiger partial charge in [-0.15, -0.1) is 0 Å². The Morgan fingerprint density at radius 2 is 2.15 bits per heavy atom. The molecule has 2 aliphatic heterocycles. The fraction of sp³-hybridized carbons (Fsp3) is 0.500. The molecule has 0 bridgehead atoms. The average Bonchev–Trinajstić information content (AvgIpc) is 2.97. The van der Waals surface area contributed by atoms with Gasteiger partial charge in [0.2, 0.25) is 5.91 Å². The molecule has 0 spiro atoms. The van der Waals surface area contributed by atoms with Gasteiger partial charge < -0.3 is 5.32 Å². The Bertz CT molecular complexity index is 528. The lowest BCUT2D eigenvalue weighted by molar-refractivity contribution is -0.138. The van der Waals surface area contributed by atoms with Crippen molar-refractivity contribution >= 4 is 12.1 Å². The van der Waals surface area contributed by atoms with Crippen LogP contribution in [0.5, 0.6) is 0 Å². The molecule has 106 valence electrons. The summed E-state index contributed by atoms with van der Waals surface area (Å²) >= 11 is 0. The summed E-state index contributed by atoms with van der Waals surface area (Å²) in [4.78, 5) is 16.4. The summed E-state index contributed by atoms with van der Waals surface area (Å²) in [6.07, 6.45) is 6.76. The molecule has 0 aliphatic carbocycles. The molecule has 20 heavy (non-hydrogen) atoms. The van der Waals surface area contributed by atoms with Crippen LogP contribution < -0.4 is 5.32 Å². The second-order valence-electron chi connectivity index (χ2n) is 5.19. The molecule has 0 radical (unpaired) electrons. The maximum absolute atomic E-state index is 13.3.